The molecule has 94 valence electrons. The van der Waals surface area contributed by atoms with Gasteiger partial charge in [0.1, 0.15) is 0 Å². The van der Waals surface area contributed by atoms with Crippen molar-refractivity contribution < 1.29 is 4.79 Å². The molecule has 0 saturated carbocycles. The molecule has 17 heavy (non-hydrogen) atoms. The molecule has 0 aliphatic carbocycles. The van der Waals surface area contributed by atoms with E-state index in [9.17, 15) is 4.79 Å². The van der Waals surface area contributed by atoms with Gasteiger partial charge in [-0.1, -0.05) is 29.8 Å². The summed E-state index contributed by atoms with van der Waals surface area (Å²) < 4.78 is 0. The van der Waals surface area contributed by atoms with Gasteiger partial charge in [0.2, 0.25) is 5.91 Å². The van der Waals surface area contributed by atoms with Gasteiger partial charge in [0.15, 0.2) is 0 Å². The lowest BCUT2D eigenvalue weighted by atomic mass is 9.83. The normalized spacial score (nSPS) is 13.2. The first-order valence-electron chi connectivity index (χ1n) is 5.65. The molecule has 0 radical (unpaired) electrons. The van der Waals surface area contributed by atoms with Crippen LogP contribution in [0.4, 0.5) is 0 Å². The van der Waals surface area contributed by atoms with Gasteiger partial charge in [-0.05, 0) is 32.4 Å². The van der Waals surface area contributed by atoms with Crippen molar-refractivity contribution in [2.75, 3.05) is 6.54 Å². The maximum atomic E-state index is 12.2. The summed E-state index contributed by atoms with van der Waals surface area (Å²) in [4.78, 5) is 12.2. The third-order valence-corrected chi connectivity index (χ3v) is 3.18. The maximum absolute atomic E-state index is 12.2. The number of amides is 1. The lowest BCUT2D eigenvalue weighted by Crippen LogP contribution is -2.46. The van der Waals surface area contributed by atoms with Gasteiger partial charge in [0, 0.05) is 17.6 Å². The molecule has 3 N–H and O–H groups in total. The maximum Gasteiger partial charge on any atom is 0.230 e. The van der Waals surface area contributed by atoms with Gasteiger partial charge >= 0.3 is 0 Å². The van der Waals surface area contributed by atoms with Crippen LogP contribution in [0.1, 0.15) is 26.3 Å². The van der Waals surface area contributed by atoms with Crippen molar-refractivity contribution in [3.05, 3.63) is 34.9 Å². The van der Waals surface area contributed by atoms with Gasteiger partial charge in [-0.15, -0.1) is 0 Å². The molecule has 3 nitrogen and oxygen atoms in total. The van der Waals surface area contributed by atoms with Crippen LogP contribution in [0.5, 0.6) is 0 Å². The third-order valence-electron chi connectivity index (χ3n) is 2.85. The van der Waals surface area contributed by atoms with Crippen molar-refractivity contribution in [2.45, 2.75) is 32.2 Å². The van der Waals surface area contributed by atoms with Crippen LogP contribution in [0.3, 0.4) is 0 Å². The molecule has 0 aliphatic heterocycles. The zero-order valence-electron chi connectivity index (χ0n) is 10.5. The van der Waals surface area contributed by atoms with Gasteiger partial charge in [-0.25, -0.2) is 0 Å². The summed E-state index contributed by atoms with van der Waals surface area (Å²) in [5.41, 5.74) is 5.65. The number of nitrogens with one attached hydrogen (secondary N) is 1. The number of carbonyl (C=O) groups is 1. The minimum atomic E-state index is -0.665. The summed E-state index contributed by atoms with van der Waals surface area (Å²) >= 11 is 6.12. The van der Waals surface area contributed by atoms with Crippen molar-refractivity contribution >= 4 is 17.5 Å². The zero-order valence-corrected chi connectivity index (χ0v) is 11.2. The Balaban J connectivity index is 2.95. The smallest absolute Gasteiger partial charge is 0.230 e. The Kier molecular flexibility index (Phi) is 4.54. The second-order valence-corrected chi connectivity index (χ2v) is 5.12. The molecule has 0 heterocycles. The van der Waals surface area contributed by atoms with Crippen LogP contribution in [-0.4, -0.2) is 18.5 Å². The van der Waals surface area contributed by atoms with Gasteiger partial charge < -0.3 is 11.1 Å². The van der Waals surface area contributed by atoms with Crippen molar-refractivity contribution in [1.82, 2.24) is 5.32 Å². The fraction of sp³-hybridized carbons (Fsp3) is 0.462. The molecule has 0 saturated heterocycles. The number of halogens is 1. The van der Waals surface area contributed by atoms with E-state index in [1.165, 1.54) is 0 Å². The first-order valence-corrected chi connectivity index (χ1v) is 6.03. The Bertz CT molecular complexity index is 404. The minimum Gasteiger partial charge on any atom is -0.352 e. The second kappa shape index (κ2) is 5.52. The topological polar surface area (TPSA) is 55.1 Å². The van der Waals surface area contributed by atoms with E-state index >= 15 is 0 Å². The predicted octanol–water partition coefficient (Wildman–Crippen LogP) is 2.08. The molecule has 0 aliphatic rings. The Hall–Kier alpha value is -1.06. The molecule has 0 spiro atoms. The summed E-state index contributed by atoms with van der Waals surface area (Å²) in [6, 6.07) is 7.35. The average molecular weight is 255 g/mol. The van der Waals surface area contributed by atoms with Crippen molar-refractivity contribution in [1.29, 1.82) is 0 Å². The van der Waals surface area contributed by atoms with E-state index in [0.717, 1.165) is 5.56 Å². The first kappa shape index (κ1) is 14.0. The van der Waals surface area contributed by atoms with Crippen LogP contribution in [-0.2, 0) is 10.2 Å². The summed E-state index contributed by atoms with van der Waals surface area (Å²) in [6.45, 7) is 6.00. The second-order valence-electron chi connectivity index (χ2n) is 4.72. The molecule has 1 aromatic carbocycles. The molecule has 0 bridgehead atoms. The molecule has 1 atom stereocenters. The Labute approximate surface area is 107 Å². The van der Waals surface area contributed by atoms with Crippen LogP contribution in [0.25, 0.3) is 0 Å². The first-order chi connectivity index (χ1) is 7.89. The Morgan fingerprint density at radius 1 is 1.47 bits per heavy atom. The van der Waals surface area contributed by atoms with E-state index in [1.54, 1.807) is 6.07 Å². The highest BCUT2D eigenvalue weighted by Crippen LogP contribution is 2.29. The van der Waals surface area contributed by atoms with E-state index in [4.69, 9.17) is 17.3 Å². The molecule has 1 amide bonds. The Morgan fingerprint density at radius 3 is 2.59 bits per heavy atom. The van der Waals surface area contributed by atoms with E-state index in [1.807, 2.05) is 39.0 Å². The van der Waals surface area contributed by atoms with Crippen LogP contribution in [0.15, 0.2) is 24.3 Å². The van der Waals surface area contributed by atoms with Gasteiger partial charge in [0.25, 0.3) is 0 Å². The van der Waals surface area contributed by atoms with Crippen LogP contribution >= 0.6 is 11.6 Å². The number of hydrogen-bond donors (Lipinski definition) is 2. The van der Waals surface area contributed by atoms with Crippen LogP contribution < -0.4 is 11.1 Å². The molecular weight excluding hydrogens is 236 g/mol. The monoisotopic (exact) mass is 254 g/mol. The SMILES string of the molecule is C[C@@H](CN)NC(=O)C(C)(C)c1ccccc1Cl. The number of benzene rings is 1. The molecule has 0 fully saturated rings. The van der Waals surface area contributed by atoms with Crippen molar-refractivity contribution in [3.8, 4) is 0 Å². The van der Waals surface area contributed by atoms with E-state index in [2.05, 4.69) is 5.32 Å². The predicted molar refractivity (Wildman–Crippen MR) is 71.1 cm³/mol. The van der Waals surface area contributed by atoms with Gasteiger partial charge in [0.05, 0.1) is 5.41 Å². The van der Waals surface area contributed by atoms with Crippen molar-refractivity contribution in [3.63, 3.8) is 0 Å². The standard InChI is InChI=1S/C13H19ClN2O/c1-9(8-15)16-12(17)13(2,3)10-6-4-5-7-11(10)14/h4-7,9H,8,15H2,1-3H3,(H,16,17)/t9-/m0/s1. The largest absolute Gasteiger partial charge is 0.352 e. The van der Waals surface area contributed by atoms with Gasteiger partial charge in [-0.2, -0.15) is 0 Å². The third kappa shape index (κ3) is 3.20. The lowest BCUT2D eigenvalue weighted by molar-refractivity contribution is -0.126. The summed E-state index contributed by atoms with van der Waals surface area (Å²) in [5, 5.41) is 3.48. The summed E-state index contributed by atoms with van der Waals surface area (Å²) in [7, 11) is 0. The number of rotatable bonds is 4. The molecule has 4 heteroatoms. The number of hydrogen-bond acceptors (Lipinski definition) is 2. The highest BCUT2D eigenvalue weighted by molar-refractivity contribution is 6.31. The summed E-state index contributed by atoms with van der Waals surface area (Å²) in [5.74, 6) is -0.0662. The zero-order chi connectivity index (χ0) is 13.1. The van der Waals surface area contributed by atoms with Crippen LogP contribution in [0, 0.1) is 0 Å². The molecule has 0 unspecified atom stereocenters. The number of carbonyl (C=O) groups excluding carboxylic acids is 1. The highest BCUT2D eigenvalue weighted by atomic mass is 35.5. The van der Waals surface area contributed by atoms with E-state index < -0.39 is 5.41 Å². The van der Waals surface area contributed by atoms with Gasteiger partial charge in [-0.3, -0.25) is 4.79 Å². The molecule has 1 aromatic rings. The summed E-state index contributed by atoms with van der Waals surface area (Å²) in [6.07, 6.45) is 0. The quantitative estimate of drug-likeness (QED) is 0.865. The average Bonchev–Trinajstić information content (AvgIpc) is 2.29. The van der Waals surface area contributed by atoms with Crippen molar-refractivity contribution in [2.24, 2.45) is 5.73 Å². The lowest BCUT2D eigenvalue weighted by Gasteiger charge is -2.27. The molecular formula is C13H19ClN2O. The molecule has 1 rings (SSSR count). The van der Waals surface area contributed by atoms with Crippen LogP contribution in [0.2, 0.25) is 5.02 Å². The fourth-order valence-corrected chi connectivity index (χ4v) is 1.93. The fourth-order valence-electron chi connectivity index (χ4n) is 1.55. The minimum absolute atomic E-state index is 0.0377. The Morgan fingerprint density at radius 2 is 2.06 bits per heavy atom. The van der Waals surface area contributed by atoms with E-state index in [0.29, 0.717) is 11.6 Å². The molecule has 0 aromatic heterocycles. The highest BCUT2D eigenvalue weighted by Gasteiger charge is 2.31. The van der Waals surface area contributed by atoms with E-state index in [-0.39, 0.29) is 11.9 Å². The number of nitrogens with two attached hydrogens (primary N) is 1.